The maximum atomic E-state index is 12.5. The van der Waals surface area contributed by atoms with Crippen molar-refractivity contribution in [3.05, 3.63) is 0 Å². The third-order valence-electron chi connectivity index (χ3n) is 3.52. The molecule has 2 unspecified atom stereocenters. The van der Waals surface area contributed by atoms with E-state index in [0.717, 1.165) is 12.8 Å². The van der Waals surface area contributed by atoms with E-state index in [9.17, 15) is 27.6 Å². The van der Waals surface area contributed by atoms with Crippen molar-refractivity contribution in [1.29, 1.82) is 0 Å². The van der Waals surface area contributed by atoms with E-state index in [1.54, 1.807) is 19.2 Å². The lowest BCUT2D eigenvalue weighted by molar-refractivity contribution is -0.176. The second-order valence-electron chi connectivity index (χ2n) is 6.19. The average molecular weight is 383 g/mol. The van der Waals surface area contributed by atoms with Gasteiger partial charge in [0, 0.05) is 6.42 Å². The van der Waals surface area contributed by atoms with Crippen molar-refractivity contribution < 1.29 is 37.0 Å². The number of hydrogen-bond donors (Lipinski definition) is 1. The van der Waals surface area contributed by atoms with E-state index in [1.165, 1.54) is 0 Å². The minimum Gasteiger partial charge on any atom is -0.463 e. The zero-order valence-electron chi connectivity index (χ0n) is 15.6. The lowest BCUT2D eigenvalue weighted by Crippen LogP contribution is -2.48. The van der Waals surface area contributed by atoms with Crippen molar-refractivity contribution in [3.63, 3.8) is 0 Å². The number of esters is 2. The number of rotatable bonds is 11. The van der Waals surface area contributed by atoms with Crippen LogP contribution in [0.15, 0.2) is 0 Å². The first kappa shape index (κ1) is 24.2. The highest BCUT2D eigenvalue weighted by atomic mass is 19.4. The molecule has 1 amide bonds. The molecule has 9 heteroatoms. The number of alkyl halides is 3. The van der Waals surface area contributed by atoms with Crippen molar-refractivity contribution in [1.82, 2.24) is 5.32 Å². The fraction of sp³-hybridized carbons (Fsp3) is 0.824. The van der Waals surface area contributed by atoms with Gasteiger partial charge in [0.2, 0.25) is 0 Å². The first-order chi connectivity index (χ1) is 12.0. The second-order valence-corrected chi connectivity index (χ2v) is 6.19. The molecule has 0 bridgehead atoms. The molecule has 0 aromatic rings. The molecule has 0 spiro atoms. The Morgan fingerprint density at radius 1 is 0.923 bits per heavy atom. The number of halogens is 3. The van der Waals surface area contributed by atoms with Crippen molar-refractivity contribution in [2.24, 2.45) is 0 Å². The van der Waals surface area contributed by atoms with Gasteiger partial charge >= 0.3 is 24.0 Å². The third kappa shape index (κ3) is 10.2. The molecule has 0 saturated heterocycles. The zero-order chi connectivity index (χ0) is 20.3. The first-order valence-electron chi connectivity index (χ1n) is 8.78. The molecule has 0 fully saturated rings. The number of hydrogen-bond acceptors (Lipinski definition) is 5. The van der Waals surface area contributed by atoms with Gasteiger partial charge in [-0.05, 0) is 33.1 Å². The lowest BCUT2D eigenvalue weighted by atomic mass is 10.1. The molecule has 0 saturated carbocycles. The summed E-state index contributed by atoms with van der Waals surface area (Å²) in [5.41, 5.74) is 0. The quantitative estimate of drug-likeness (QED) is 0.554. The third-order valence-corrected chi connectivity index (χ3v) is 3.52. The zero-order valence-corrected chi connectivity index (χ0v) is 15.6. The van der Waals surface area contributed by atoms with Gasteiger partial charge in [0.25, 0.3) is 0 Å². The normalized spacial score (nSPS) is 14.9. The topological polar surface area (TPSA) is 81.7 Å². The Morgan fingerprint density at radius 3 is 1.88 bits per heavy atom. The Labute approximate surface area is 151 Å². The fourth-order valence-corrected chi connectivity index (χ4v) is 2.25. The summed E-state index contributed by atoms with van der Waals surface area (Å²) in [7, 11) is 0. The molecule has 0 aromatic carbocycles. The summed E-state index contributed by atoms with van der Waals surface area (Å²) in [6, 6.07) is -1.57. The monoisotopic (exact) mass is 383 g/mol. The molecule has 0 radical (unpaired) electrons. The minimum absolute atomic E-state index is 0.311. The van der Waals surface area contributed by atoms with Crippen LogP contribution in [0, 0.1) is 0 Å². The van der Waals surface area contributed by atoms with Crippen LogP contribution >= 0.6 is 0 Å². The number of nitrogens with one attached hydrogen (secondary N) is 1. The molecule has 0 aromatic heterocycles. The van der Waals surface area contributed by atoms with Crippen LogP contribution in [-0.4, -0.2) is 42.3 Å². The van der Waals surface area contributed by atoms with E-state index < -0.39 is 36.2 Å². The smallest absolute Gasteiger partial charge is 0.463 e. The molecule has 152 valence electrons. The highest BCUT2D eigenvalue weighted by Crippen LogP contribution is 2.16. The van der Waals surface area contributed by atoms with Crippen LogP contribution < -0.4 is 5.32 Å². The molecule has 6 nitrogen and oxygen atoms in total. The Balaban J connectivity index is 4.84. The molecule has 0 aliphatic heterocycles. The molecule has 0 aliphatic carbocycles. The van der Waals surface area contributed by atoms with E-state index in [4.69, 9.17) is 9.47 Å². The summed E-state index contributed by atoms with van der Waals surface area (Å²) in [6.07, 6.45) is -3.91. The van der Waals surface area contributed by atoms with Crippen LogP contribution in [0.25, 0.3) is 0 Å². The Kier molecular flexibility index (Phi) is 10.9. The Hall–Kier alpha value is -1.80. The van der Waals surface area contributed by atoms with E-state index in [2.05, 4.69) is 0 Å². The molecule has 1 N–H and O–H groups in total. The van der Waals surface area contributed by atoms with Gasteiger partial charge in [-0.2, -0.15) is 13.2 Å². The van der Waals surface area contributed by atoms with Gasteiger partial charge in [0.15, 0.2) is 0 Å². The van der Waals surface area contributed by atoms with Crippen molar-refractivity contribution in [2.45, 2.75) is 90.6 Å². The molecule has 3 atom stereocenters. The summed E-state index contributed by atoms with van der Waals surface area (Å²) >= 11 is 0. The highest BCUT2D eigenvalue weighted by Gasteiger charge is 2.41. The maximum absolute atomic E-state index is 12.5. The minimum atomic E-state index is -5.14. The molecule has 0 aliphatic rings. The van der Waals surface area contributed by atoms with Crippen molar-refractivity contribution in [2.75, 3.05) is 0 Å². The van der Waals surface area contributed by atoms with Gasteiger partial charge in [-0.3, -0.25) is 9.59 Å². The molecule has 26 heavy (non-hydrogen) atoms. The van der Waals surface area contributed by atoms with Gasteiger partial charge in [0.1, 0.15) is 6.04 Å². The largest absolute Gasteiger partial charge is 0.471 e. The molecule has 0 heterocycles. The number of amides is 1. The predicted octanol–water partition coefficient (Wildman–Crippen LogP) is 3.28. The SMILES string of the molecule is CCCC(C)OC(=O)CC[C@H](NC(=O)C(F)(F)F)C(=O)OC(C)CCC. The summed E-state index contributed by atoms with van der Waals surface area (Å²) in [4.78, 5) is 35.0. The van der Waals surface area contributed by atoms with Gasteiger partial charge < -0.3 is 14.8 Å². The van der Waals surface area contributed by atoms with E-state index in [0.29, 0.717) is 12.8 Å². The molecule has 0 rings (SSSR count). The Morgan fingerprint density at radius 2 is 1.42 bits per heavy atom. The average Bonchev–Trinajstić information content (AvgIpc) is 2.50. The highest BCUT2D eigenvalue weighted by molar-refractivity contribution is 5.87. The summed E-state index contributed by atoms with van der Waals surface area (Å²) in [5.74, 6) is -3.90. The predicted molar refractivity (Wildman–Crippen MR) is 88.1 cm³/mol. The van der Waals surface area contributed by atoms with Gasteiger partial charge in [0.05, 0.1) is 12.2 Å². The first-order valence-corrected chi connectivity index (χ1v) is 8.78. The van der Waals surface area contributed by atoms with Crippen molar-refractivity contribution in [3.8, 4) is 0 Å². The lowest BCUT2D eigenvalue weighted by Gasteiger charge is -2.21. The Bertz CT molecular complexity index is 468. The summed E-state index contributed by atoms with van der Waals surface area (Å²) in [6.45, 7) is 7.08. The van der Waals surface area contributed by atoms with Crippen LogP contribution in [-0.2, 0) is 23.9 Å². The van der Waals surface area contributed by atoms with Crippen LogP contribution in [0.5, 0.6) is 0 Å². The summed E-state index contributed by atoms with van der Waals surface area (Å²) < 4.78 is 47.5. The van der Waals surface area contributed by atoms with Crippen molar-refractivity contribution >= 4 is 17.8 Å². The van der Waals surface area contributed by atoms with Gasteiger partial charge in [-0.1, -0.05) is 26.7 Å². The van der Waals surface area contributed by atoms with Gasteiger partial charge in [-0.25, -0.2) is 4.79 Å². The maximum Gasteiger partial charge on any atom is 0.471 e. The van der Waals surface area contributed by atoms with Crippen LogP contribution in [0.3, 0.4) is 0 Å². The number of carbonyl (C=O) groups excluding carboxylic acids is 3. The van der Waals surface area contributed by atoms with E-state index in [1.807, 2.05) is 13.8 Å². The second kappa shape index (κ2) is 11.7. The number of ether oxygens (including phenoxy) is 2. The van der Waals surface area contributed by atoms with E-state index in [-0.39, 0.29) is 18.9 Å². The molecular formula is C17H28F3NO5. The standard InChI is InChI=1S/C17H28F3NO5/c1-5-7-11(3)25-14(22)10-9-13(21-16(24)17(18,19)20)15(23)26-12(4)8-6-2/h11-13H,5-10H2,1-4H3,(H,21,24)/t11?,12?,13-/m0/s1. The fourth-order valence-electron chi connectivity index (χ4n) is 2.25. The van der Waals surface area contributed by atoms with Crippen LogP contribution in [0.2, 0.25) is 0 Å². The van der Waals surface area contributed by atoms with Gasteiger partial charge in [-0.15, -0.1) is 0 Å². The van der Waals surface area contributed by atoms with Crippen LogP contribution in [0.1, 0.15) is 66.2 Å². The molecular weight excluding hydrogens is 355 g/mol. The van der Waals surface area contributed by atoms with E-state index >= 15 is 0 Å². The van der Waals surface area contributed by atoms with Crippen LogP contribution in [0.4, 0.5) is 13.2 Å². The summed E-state index contributed by atoms with van der Waals surface area (Å²) in [5, 5.41) is 1.59. The number of carbonyl (C=O) groups is 3.